The van der Waals surface area contributed by atoms with E-state index in [2.05, 4.69) is 5.18 Å². The fourth-order valence-electron chi connectivity index (χ4n) is 2.47. The third kappa shape index (κ3) is 2.42. The lowest BCUT2D eigenvalue weighted by molar-refractivity contribution is 0.143. The number of hydrogen-bond donors (Lipinski definition) is 1. The summed E-state index contributed by atoms with van der Waals surface area (Å²) in [6.45, 7) is 0. The van der Waals surface area contributed by atoms with E-state index < -0.39 is 17.8 Å². The van der Waals surface area contributed by atoms with Crippen molar-refractivity contribution < 1.29 is 14.3 Å². The smallest absolute Gasteiger partial charge is 0.336 e. The van der Waals surface area contributed by atoms with Crippen molar-refractivity contribution in [2.45, 2.75) is 31.1 Å². The van der Waals surface area contributed by atoms with Crippen LogP contribution in [0.2, 0.25) is 0 Å². The Morgan fingerprint density at radius 2 is 2.05 bits per heavy atom. The summed E-state index contributed by atoms with van der Waals surface area (Å²) >= 11 is 0. The average Bonchev–Trinajstić information content (AvgIpc) is 2.78. The first-order chi connectivity index (χ1) is 9.65. The van der Waals surface area contributed by atoms with Crippen molar-refractivity contribution in [1.82, 2.24) is 0 Å². The highest BCUT2D eigenvalue weighted by Gasteiger charge is 2.35. The van der Waals surface area contributed by atoms with E-state index in [1.165, 1.54) is 6.07 Å². The fourth-order valence-corrected chi connectivity index (χ4v) is 2.47. The minimum Gasteiger partial charge on any atom is -0.490 e. The Balaban J connectivity index is 1.81. The second-order valence-corrected chi connectivity index (χ2v) is 4.91. The fraction of sp³-hybridized carbons (Fsp3) is 0.357. The molecule has 1 aliphatic rings. The van der Waals surface area contributed by atoms with Gasteiger partial charge in [0, 0.05) is 30.4 Å². The van der Waals surface area contributed by atoms with Gasteiger partial charge in [0.15, 0.2) is 0 Å². The summed E-state index contributed by atoms with van der Waals surface area (Å²) in [5.74, 6) is 0.538. The summed E-state index contributed by atoms with van der Waals surface area (Å²) in [5.41, 5.74) is 0.0229. The molecule has 6 heteroatoms. The molecule has 1 aliphatic carbocycles. The Morgan fingerprint density at radius 3 is 2.80 bits per heavy atom. The molecule has 0 aliphatic heterocycles. The average molecular weight is 275 g/mol. The van der Waals surface area contributed by atoms with Crippen molar-refractivity contribution in [3.05, 3.63) is 45.7 Å². The maximum atomic E-state index is 11.2. The maximum Gasteiger partial charge on any atom is 0.336 e. The topological polar surface area (TPSA) is 89.1 Å². The Hall–Kier alpha value is -2.21. The molecule has 1 saturated carbocycles. The van der Waals surface area contributed by atoms with Crippen LogP contribution in [0.5, 0.6) is 5.75 Å². The van der Waals surface area contributed by atoms with Crippen LogP contribution in [0.25, 0.3) is 11.0 Å². The van der Waals surface area contributed by atoms with Crippen LogP contribution in [0, 0.1) is 4.91 Å². The summed E-state index contributed by atoms with van der Waals surface area (Å²) < 4.78 is 10.8. The zero-order valence-corrected chi connectivity index (χ0v) is 10.6. The van der Waals surface area contributed by atoms with Gasteiger partial charge < -0.3 is 14.3 Å². The quantitative estimate of drug-likeness (QED) is 0.681. The van der Waals surface area contributed by atoms with Gasteiger partial charge >= 0.3 is 5.63 Å². The zero-order chi connectivity index (χ0) is 14.1. The molecule has 0 bridgehead atoms. The van der Waals surface area contributed by atoms with Gasteiger partial charge in [0.1, 0.15) is 23.5 Å². The molecule has 0 saturated heterocycles. The Bertz CT molecular complexity index is 695. The molecule has 104 valence electrons. The number of rotatable bonds is 3. The normalized spacial score (nSPS) is 25.8. The van der Waals surface area contributed by atoms with Gasteiger partial charge in [0.05, 0.1) is 6.10 Å². The van der Waals surface area contributed by atoms with Gasteiger partial charge in [-0.2, -0.15) is 4.91 Å². The minimum atomic E-state index is -0.754. The highest BCUT2D eigenvalue weighted by molar-refractivity contribution is 5.77. The van der Waals surface area contributed by atoms with E-state index in [0.29, 0.717) is 24.2 Å². The third-order valence-corrected chi connectivity index (χ3v) is 3.49. The molecule has 1 aromatic heterocycles. The van der Waals surface area contributed by atoms with Crippen LogP contribution < -0.4 is 10.4 Å². The molecule has 0 amide bonds. The minimum absolute atomic E-state index is 0.263. The number of benzene rings is 1. The summed E-state index contributed by atoms with van der Waals surface area (Å²) in [7, 11) is 0. The van der Waals surface area contributed by atoms with Gasteiger partial charge in [0.2, 0.25) is 0 Å². The monoisotopic (exact) mass is 275 g/mol. The van der Waals surface area contributed by atoms with E-state index in [1.54, 1.807) is 24.3 Å². The second kappa shape index (κ2) is 5.05. The van der Waals surface area contributed by atoms with Gasteiger partial charge in [-0.3, -0.25) is 0 Å². The molecule has 1 heterocycles. The maximum absolute atomic E-state index is 11.2. The SMILES string of the molecule is O=NC1CC(Oc2ccc3ccc(=O)oc3c2)CC1O. The number of nitrogens with zero attached hydrogens (tertiary/aromatic N) is 1. The Labute approximate surface area is 114 Å². The van der Waals surface area contributed by atoms with Gasteiger partial charge in [-0.1, -0.05) is 5.18 Å². The third-order valence-electron chi connectivity index (χ3n) is 3.49. The van der Waals surface area contributed by atoms with Crippen molar-refractivity contribution in [2.24, 2.45) is 5.18 Å². The highest BCUT2D eigenvalue weighted by atomic mass is 16.5. The molecule has 3 unspecified atom stereocenters. The van der Waals surface area contributed by atoms with Crippen LogP contribution in [-0.2, 0) is 0 Å². The Morgan fingerprint density at radius 1 is 1.25 bits per heavy atom. The number of hydrogen-bond acceptors (Lipinski definition) is 6. The predicted molar refractivity (Wildman–Crippen MR) is 71.7 cm³/mol. The van der Waals surface area contributed by atoms with E-state index in [-0.39, 0.29) is 6.10 Å². The van der Waals surface area contributed by atoms with Gasteiger partial charge in [0.25, 0.3) is 0 Å². The summed E-state index contributed by atoms with van der Waals surface area (Å²) in [6, 6.07) is 7.60. The molecule has 3 rings (SSSR count). The lowest BCUT2D eigenvalue weighted by Crippen LogP contribution is -2.15. The first kappa shape index (κ1) is 12.8. The second-order valence-electron chi connectivity index (χ2n) is 4.91. The van der Waals surface area contributed by atoms with Crippen LogP contribution in [0.1, 0.15) is 12.8 Å². The molecule has 2 aromatic rings. The van der Waals surface area contributed by atoms with Crippen LogP contribution in [0.15, 0.2) is 44.7 Å². The Kier molecular flexibility index (Phi) is 3.23. The van der Waals surface area contributed by atoms with E-state index >= 15 is 0 Å². The van der Waals surface area contributed by atoms with E-state index in [1.807, 2.05) is 0 Å². The number of nitroso groups, excluding NO2 is 1. The lowest BCUT2D eigenvalue weighted by atomic mass is 10.2. The first-order valence-electron chi connectivity index (χ1n) is 6.37. The molecule has 1 fully saturated rings. The van der Waals surface area contributed by atoms with Gasteiger partial charge in [-0.05, 0) is 18.2 Å². The lowest BCUT2D eigenvalue weighted by Gasteiger charge is -2.13. The number of fused-ring (bicyclic) bond motifs is 1. The highest BCUT2D eigenvalue weighted by Crippen LogP contribution is 2.28. The van der Waals surface area contributed by atoms with Crippen LogP contribution in [-0.4, -0.2) is 23.4 Å². The van der Waals surface area contributed by atoms with Crippen molar-refractivity contribution >= 4 is 11.0 Å². The van der Waals surface area contributed by atoms with E-state index in [0.717, 1.165) is 5.39 Å². The van der Waals surface area contributed by atoms with Crippen molar-refractivity contribution in [3.63, 3.8) is 0 Å². The largest absolute Gasteiger partial charge is 0.490 e. The zero-order valence-electron chi connectivity index (χ0n) is 10.6. The molecule has 6 nitrogen and oxygen atoms in total. The van der Waals surface area contributed by atoms with E-state index in [9.17, 15) is 14.8 Å². The molecular weight excluding hydrogens is 262 g/mol. The number of aliphatic hydroxyl groups is 1. The van der Waals surface area contributed by atoms with Crippen LogP contribution in [0.3, 0.4) is 0 Å². The number of ether oxygens (including phenoxy) is 1. The standard InChI is InChI=1S/C14H13NO5/c16-12-6-10(5-11(12)15-18)19-9-3-1-8-2-4-14(17)20-13(8)7-9/h1-4,7,10-12,16H,5-6H2. The molecule has 0 spiro atoms. The molecule has 1 aromatic carbocycles. The van der Waals surface area contributed by atoms with Crippen LogP contribution >= 0.6 is 0 Å². The number of aliphatic hydroxyl groups excluding tert-OH is 1. The van der Waals surface area contributed by atoms with Crippen molar-refractivity contribution in [2.75, 3.05) is 0 Å². The van der Waals surface area contributed by atoms with Gasteiger partial charge in [-0.15, -0.1) is 0 Å². The summed E-state index contributed by atoms with van der Waals surface area (Å²) in [6.07, 6.45) is -0.259. The summed E-state index contributed by atoms with van der Waals surface area (Å²) in [5, 5.41) is 13.3. The molecular formula is C14H13NO5. The molecule has 0 radical (unpaired) electrons. The van der Waals surface area contributed by atoms with Crippen molar-refractivity contribution in [3.8, 4) is 5.75 Å². The molecule has 20 heavy (non-hydrogen) atoms. The van der Waals surface area contributed by atoms with Crippen molar-refractivity contribution in [1.29, 1.82) is 0 Å². The first-order valence-corrected chi connectivity index (χ1v) is 6.37. The molecule has 3 atom stereocenters. The van der Waals surface area contributed by atoms with Gasteiger partial charge in [-0.25, -0.2) is 4.79 Å². The molecule has 1 N–H and O–H groups in total. The van der Waals surface area contributed by atoms with E-state index in [4.69, 9.17) is 9.15 Å². The predicted octanol–water partition coefficient (Wildman–Crippen LogP) is 1.83. The van der Waals surface area contributed by atoms with Crippen LogP contribution in [0.4, 0.5) is 0 Å². The summed E-state index contributed by atoms with van der Waals surface area (Å²) in [4.78, 5) is 21.7.